The molecule has 0 saturated heterocycles. The van der Waals surface area contributed by atoms with Crippen LogP contribution in [0.5, 0.6) is 0 Å². The summed E-state index contributed by atoms with van der Waals surface area (Å²) in [6.45, 7) is -1.51. The molecule has 1 unspecified atom stereocenters. The van der Waals surface area contributed by atoms with Crippen molar-refractivity contribution in [2.24, 2.45) is 5.73 Å². The molecule has 3 N–H and O–H groups in total. The summed E-state index contributed by atoms with van der Waals surface area (Å²) < 4.78 is 49.2. The number of nitrogens with two attached hydrogens (primary N) is 1. The average molecular weight is 315 g/mol. The molecule has 0 aliphatic carbocycles. The van der Waals surface area contributed by atoms with E-state index in [-0.39, 0.29) is 19.0 Å². The van der Waals surface area contributed by atoms with Crippen molar-refractivity contribution in [3.63, 3.8) is 0 Å². The Hall–Kier alpha value is -1.34. The minimum atomic E-state index is -4.24. The lowest BCUT2D eigenvalue weighted by atomic mass is 9.98. The molecule has 3 nitrogen and oxygen atoms in total. The second kappa shape index (κ2) is 8.06. The second-order valence-electron chi connectivity index (χ2n) is 3.98. The molecule has 20 heavy (non-hydrogen) atoms. The van der Waals surface area contributed by atoms with Gasteiger partial charge in [0.15, 0.2) is 0 Å². The molecule has 1 aromatic carbocycles. The van der Waals surface area contributed by atoms with Crippen LogP contribution < -0.4 is 11.1 Å². The molecular formula is C12H15ClF4N2O. The summed E-state index contributed by atoms with van der Waals surface area (Å²) in [7, 11) is 0. The van der Waals surface area contributed by atoms with E-state index in [4.69, 9.17) is 5.73 Å². The third-order valence-electron chi connectivity index (χ3n) is 2.57. The molecule has 0 heterocycles. The molecule has 0 radical (unpaired) electrons. The van der Waals surface area contributed by atoms with Crippen molar-refractivity contribution in [1.29, 1.82) is 0 Å². The quantitative estimate of drug-likeness (QED) is 0.791. The number of carbonyl (C=O) groups is 1. The van der Waals surface area contributed by atoms with Gasteiger partial charge in [-0.25, -0.2) is 8.78 Å². The van der Waals surface area contributed by atoms with E-state index in [0.29, 0.717) is 5.56 Å². The SMILES string of the molecule is Cl.NCC(C(=O)NCC(F)(F)C(F)F)c1ccccc1. The topological polar surface area (TPSA) is 55.1 Å². The summed E-state index contributed by atoms with van der Waals surface area (Å²) in [5.74, 6) is -5.88. The fourth-order valence-corrected chi connectivity index (χ4v) is 1.49. The van der Waals surface area contributed by atoms with Gasteiger partial charge < -0.3 is 11.1 Å². The number of rotatable bonds is 6. The third kappa shape index (κ3) is 4.97. The van der Waals surface area contributed by atoms with Crippen molar-refractivity contribution in [2.45, 2.75) is 18.3 Å². The van der Waals surface area contributed by atoms with E-state index in [1.807, 2.05) is 0 Å². The highest BCUT2D eigenvalue weighted by Crippen LogP contribution is 2.22. The minimum absolute atomic E-state index is 0. The Morgan fingerprint density at radius 2 is 1.80 bits per heavy atom. The number of benzene rings is 1. The summed E-state index contributed by atoms with van der Waals surface area (Å²) in [5.41, 5.74) is 5.95. The van der Waals surface area contributed by atoms with Crippen LogP contribution in [0.4, 0.5) is 17.6 Å². The first kappa shape index (κ1) is 18.7. The average Bonchev–Trinajstić information content (AvgIpc) is 2.38. The van der Waals surface area contributed by atoms with Crippen molar-refractivity contribution in [1.82, 2.24) is 5.32 Å². The van der Waals surface area contributed by atoms with Crippen LogP contribution in [-0.4, -0.2) is 31.3 Å². The van der Waals surface area contributed by atoms with Gasteiger partial charge in [0, 0.05) is 6.54 Å². The Morgan fingerprint density at radius 3 is 2.25 bits per heavy atom. The summed E-state index contributed by atoms with van der Waals surface area (Å²) in [6.07, 6.45) is -3.82. The van der Waals surface area contributed by atoms with Crippen molar-refractivity contribution in [3.8, 4) is 0 Å². The lowest BCUT2D eigenvalue weighted by Crippen LogP contribution is -2.44. The molecular weight excluding hydrogens is 300 g/mol. The summed E-state index contributed by atoms with van der Waals surface area (Å²) in [5, 5.41) is 1.80. The summed E-state index contributed by atoms with van der Waals surface area (Å²) >= 11 is 0. The van der Waals surface area contributed by atoms with Crippen molar-refractivity contribution < 1.29 is 22.4 Å². The zero-order chi connectivity index (χ0) is 14.5. The Bertz CT molecular complexity index is 417. The molecule has 114 valence electrons. The maximum Gasteiger partial charge on any atom is 0.324 e. The largest absolute Gasteiger partial charge is 0.349 e. The van der Waals surface area contributed by atoms with Crippen LogP contribution in [-0.2, 0) is 4.79 Å². The number of amides is 1. The molecule has 0 aliphatic rings. The van der Waals surface area contributed by atoms with Gasteiger partial charge in [0.05, 0.1) is 12.5 Å². The number of halogens is 5. The molecule has 0 aliphatic heterocycles. The van der Waals surface area contributed by atoms with E-state index in [0.717, 1.165) is 0 Å². The first-order valence-electron chi connectivity index (χ1n) is 5.57. The van der Waals surface area contributed by atoms with Crippen molar-refractivity contribution in [2.75, 3.05) is 13.1 Å². The van der Waals surface area contributed by atoms with Crippen LogP contribution in [0.15, 0.2) is 30.3 Å². The fraction of sp³-hybridized carbons (Fsp3) is 0.417. The predicted octanol–water partition coefficient (Wildman–Crippen LogP) is 2.17. The Kier molecular flexibility index (Phi) is 7.52. The van der Waals surface area contributed by atoms with Gasteiger partial charge in [0.2, 0.25) is 5.91 Å². The highest BCUT2D eigenvalue weighted by atomic mass is 35.5. The van der Waals surface area contributed by atoms with Crippen LogP contribution in [0.2, 0.25) is 0 Å². The highest BCUT2D eigenvalue weighted by molar-refractivity contribution is 5.85. The molecule has 1 rings (SSSR count). The molecule has 0 aromatic heterocycles. The van der Waals surface area contributed by atoms with Crippen LogP contribution in [0.25, 0.3) is 0 Å². The van der Waals surface area contributed by atoms with E-state index >= 15 is 0 Å². The molecule has 1 atom stereocenters. The highest BCUT2D eigenvalue weighted by Gasteiger charge is 2.41. The predicted molar refractivity (Wildman–Crippen MR) is 69.4 cm³/mol. The number of carbonyl (C=O) groups excluding carboxylic acids is 1. The summed E-state index contributed by atoms with van der Waals surface area (Å²) in [4.78, 5) is 11.7. The fourth-order valence-electron chi connectivity index (χ4n) is 1.49. The van der Waals surface area contributed by atoms with Gasteiger partial charge in [-0.15, -0.1) is 12.4 Å². The van der Waals surface area contributed by atoms with Gasteiger partial charge in [-0.2, -0.15) is 8.78 Å². The molecule has 8 heteroatoms. The van der Waals surface area contributed by atoms with Crippen LogP contribution >= 0.6 is 12.4 Å². The first-order chi connectivity index (χ1) is 8.88. The first-order valence-corrected chi connectivity index (χ1v) is 5.57. The maximum atomic E-state index is 12.7. The number of hydrogen-bond donors (Lipinski definition) is 2. The lowest BCUT2D eigenvalue weighted by Gasteiger charge is -2.19. The smallest absolute Gasteiger partial charge is 0.324 e. The Balaban J connectivity index is 0.00000361. The normalized spacial score (nSPS) is 12.7. The van der Waals surface area contributed by atoms with E-state index in [2.05, 4.69) is 0 Å². The zero-order valence-corrected chi connectivity index (χ0v) is 11.2. The molecule has 0 bridgehead atoms. The zero-order valence-electron chi connectivity index (χ0n) is 10.4. The van der Waals surface area contributed by atoms with Gasteiger partial charge in [0.25, 0.3) is 0 Å². The van der Waals surface area contributed by atoms with Crippen LogP contribution in [0.3, 0.4) is 0 Å². The van der Waals surface area contributed by atoms with Crippen LogP contribution in [0, 0.1) is 0 Å². The van der Waals surface area contributed by atoms with Gasteiger partial charge in [-0.3, -0.25) is 4.79 Å². The van der Waals surface area contributed by atoms with Gasteiger partial charge in [0.1, 0.15) is 0 Å². The monoisotopic (exact) mass is 314 g/mol. The molecule has 0 fully saturated rings. The third-order valence-corrected chi connectivity index (χ3v) is 2.57. The summed E-state index contributed by atoms with van der Waals surface area (Å²) in [6, 6.07) is 8.28. The van der Waals surface area contributed by atoms with E-state index in [1.165, 1.54) is 0 Å². The van der Waals surface area contributed by atoms with E-state index in [9.17, 15) is 22.4 Å². The van der Waals surface area contributed by atoms with Crippen molar-refractivity contribution >= 4 is 18.3 Å². The number of alkyl halides is 4. The molecule has 1 aromatic rings. The number of hydrogen-bond acceptors (Lipinski definition) is 2. The standard InChI is InChI=1S/C12H14F4N2O.ClH/c13-11(14)12(15,16)7-18-10(19)9(6-17)8-4-2-1-3-5-8;/h1-5,9,11H,6-7,17H2,(H,18,19);1H. The van der Waals surface area contributed by atoms with E-state index < -0.39 is 30.7 Å². The van der Waals surface area contributed by atoms with Crippen LogP contribution in [0.1, 0.15) is 11.5 Å². The molecule has 0 spiro atoms. The maximum absolute atomic E-state index is 12.7. The lowest BCUT2D eigenvalue weighted by molar-refractivity contribution is -0.137. The van der Waals surface area contributed by atoms with Gasteiger partial charge in [-0.05, 0) is 5.56 Å². The molecule has 1 amide bonds. The Labute approximate surface area is 119 Å². The van der Waals surface area contributed by atoms with Gasteiger partial charge in [-0.1, -0.05) is 30.3 Å². The Morgan fingerprint density at radius 1 is 1.25 bits per heavy atom. The minimum Gasteiger partial charge on any atom is -0.349 e. The van der Waals surface area contributed by atoms with E-state index in [1.54, 1.807) is 35.6 Å². The van der Waals surface area contributed by atoms with Crippen molar-refractivity contribution in [3.05, 3.63) is 35.9 Å². The van der Waals surface area contributed by atoms with Gasteiger partial charge >= 0.3 is 12.3 Å². The number of nitrogens with one attached hydrogen (secondary N) is 1. The molecule has 0 saturated carbocycles. The second-order valence-corrected chi connectivity index (χ2v) is 3.98.